The third-order valence-corrected chi connectivity index (χ3v) is 1.28. The zero-order chi connectivity index (χ0) is 5.98. The molecule has 0 atom stereocenters. The van der Waals surface area contributed by atoms with Crippen molar-refractivity contribution in [3.05, 3.63) is 11.8 Å². The Morgan fingerprint density at radius 2 is 2.62 bits per heavy atom. The fourth-order valence-electron chi connectivity index (χ4n) is 0.310. The van der Waals surface area contributed by atoms with Crippen LogP contribution in [0.4, 0.5) is 0 Å². The molecule has 1 aromatic heterocycles. The predicted octanol–water partition coefficient (Wildman–Crippen LogP) is 0.720. The summed E-state index contributed by atoms with van der Waals surface area (Å²) in [5.74, 6) is 0. The molecule has 1 rings (SSSR count). The Balaban J connectivity index is 3.15. The lowest BCUT2D eigenvalue weighted by Gasteiger charge is -1.74. The number of nitriles is 1. The van der Waals surface area contributed by atoms with Crippen LogP contribution < -0.4 is 0 Å². The molecule has 40 valence electrons. The van der Waals surface area contributed by atoms with Gasteiger partial charge in [0, 0.05) is 11.5 Å². The summed E-state index contributed by atoms with van der Waals surface area (Å²) in [5.41, 5.74) is 0.245. The minimum atomic E-state index is -0.00694. The highest BCUT2D eigenvalue weighted by Crippen LogP contribution is 2.18. The quantitative estimate of drug-likeness (QED) is 0.557. The van der Waals surface area contributed by atoms with Crippen molar-refractivity contribution in [2.45, 2.75) is 0 Å². The average molecular weight is 126 g/mol. The highest BCUT2D eigenvalue weighted by Gasteiger charge is 1.98. The van der Waals surface area contributed by atoms with Gasteiger partial charge in [0.25, 0.3) is 0 Å². The van der Waals surface area contributed by atoms with Gasteiger partial charge >= 0.3 is 0 Å². The van der Waals surface area contributed by atoms with Gasteiger partial charge in [-0.3, -0.25) is 0 Å². The summed E-state index contributed by atoms with van der Waals surface area (Å²) in [6.07, 6.45) is 1.33. The van der Waals surface area contributed by atoms with E-state index in [1.807, 2.05) is 0 Å². The Labute approximate surface area is 50.0 Å². The van der Waals surface area contributed by atoms with Crippen molar-refractivity contribution in [3.8, 4) is 11.1 Å². The summed E-state index contributed by atoms with van der Waals surface area (Å²) in [5, 5.41) is 16.8. The standard InChI is InChI=1S/C4H2N2OS/c5-1-3-2-6-8-4(3)7/h2,7H. The number of nitrogens with zero attached hydrogens (tertiary/aromatic N) is 2. The molecule has 0 saturated heterocycles. The van der Waals surface area contributed by atoms with Gasteiger partial charge in [0.05, 0.1) is 6.20 Å². The van der Waals surface area contributed by atoms with Crippen LogP contribution >= 0.6 is 11.5 Å². The van der Waals surface area contributed by atoms with Crippen LogP contribution in [0.1, 0.15) is 5.56 Å². The van der Waals surface area contributed by atoms with E-state index in [1.165, 1.54) is 6.20 Å². The maximum atomic E-state index is 8.68. The second-order valence-electron chi connectivity index (χ2n) is 1.16. The lowest BCUT2D eigenvalue weighted by Crippen LogP contribution is -1.61. The normalized spacial score (nSPS) is 8.38. The molecular formula is C4H2N2OS. The first kappa shape index (κ1) is 5.06. The van der Waals surface area contributed by atoms with Crippen molar-refractivity contribution >= 4 is 11.5 Å². The maximum absolute atomic E-state index is 8.68. The zero-order valence-electron chi connectivity index (χ0n) is 3.83. The molecule has 0 bridgehead atoms. The van der Waals surface area contributed by atoms with Crippen LogP contribution in [0.5, 0.6) is 5.06 Å². The van der Waals surface area contributed by atoms with E-state index >= 15 is 0 Å². The van der Waals surface area contributed by atoms with Crippen molar-refractivity contribution in [3.63, 3.8) is 0 Å². The minimum Gasteiger partial charge on any atom is -0.498 e. The summed E-state index contributed by atoms with van der Waals surface area (Å²) in [7, 11) is 0. The van der Waals surface area contributed by atoms with E-state index in [9.17, 15) is 0 Å². The molecule has 8 heavy (non-hydrogen) atoms. The monoisotopic (exact) mass is 126 g/mol. The average Bonchev–Trinajstić information content (AvgIpc) is 2.14. The molecule has 0 spiro atoms. The topological polar surface area (TPSA) is 56.9 Å². The Bertz CT molecular complexity index is 224. The van der Waals surface area contributed by atoms with Gasteiger partial charge in [-0.05, 0) is 0 Å². The van der Waals surface area contributed by atoms with E-state index in [2.05, 4.69) is 4.37 Å². The van der Waals surface area contributed by atoms with Gasteiger partial charge in [-0.15, -0.1) is 0 Å². The minimum absolute atomic E-state index is 0.00694. The molecule has 0 amide bonds. The molecular weight excluding hydrogens is 124 g/mol. The van der Waals surface area contributed by atoms with Crippen LogP contribution in [0.3, 0.4) is 0 Å². The maximum Gasteiger partial charge on any atom is 0.209 e. The van der Waals surface area contributed by atoms with Gasteiger partial charge in [-0.2, -0.15) is 9.64 Å². The second kappa shape index (κ2) is 1.80. The van der Waals surface area contributed by atoms with Crippen molar-refractivity contribution in [1.82, 2.24) is 4.37 Å². The van der Waals surface area contributed by atoms with Crippen LogP contribution in [0.25, 0.3) is 0 Å². The smallest absolute Gasteiger partial charge is 0.209 e. The van der Waals surface area contributed by atoms with Crippen molar-refractivity contribution in [2.24, 2.45) is 0 Å². The van der Waals surface area contributed by atoms with Crippen molar-refractivity contribution in [1.29, 1.82) is 5.26 Å². The zero-order valence-corrected chi connectivity index (χ0v) is 4.64. The van der Waals surface area contributed by atoms with Crippen LogP contribution in [0.2, 0.25) is 0 Å². The molecule has 0 aromatic carbocycles. The highest BCUT2D eigenvalue weighted by molar-refractivity contribution is 7.07. The molecule has 0 fully saturated rings. The lowest BCUT2D eigenvalue weighted by molar-refractivity contribution is 0.489. The first-order valence-corrected chi connectivity index (χ1v) is 2.65. The van der Waals surface area contributed by atoms with Gasteiger partial charge in [-0.25, -0.2) is 0 Å². The van der Waals surface area contributed by atoms with Crippen molar-refractivity contribution in [2.75, 3.05) is 0 Å². The molecule has 0 aliphatic rings. The number of aromatic nitrogens is 1. The van der Waals surface area contributed by atoms with Gasteiger partial charge in [0.1, 0.15) is 11.6 Å². The van der Waals surface area contributed by atoms with Crippen LogP contribution in [-0.2, 0) is 0 Å². The van der Waals surface area contributed by atoms with E-state index in [4.69, 9.17) is 10.4 Å². The Morgan fingerprint density at radius 3 is 2.88 bits per heavy atom. The summed E-state index contributed by atoms with van der Waals surface area (Å²) in [6, 6.07) is 1.77. The van der Waals surface area contributed by atoms with Gasteiger partial charge in [-0.1, -0.05) is 0 Å². The molecule has 4 heteroatoms. The van der Waals surface area contributed by atoms with E-state index in [-0.39, 0.29) is 10.6 Å². The Morgan fingerprint density at radius 1 is 1.88 bits per heavy atom. The number of rotatable bonds is 0. The molecule has 0 radical (unpaired) electrons. The molecule has 3 nitrogen and oxygen atoms in total. The lowest BCUT2D eigenvalue weighted by atomic mass is 10.4. The number of hydrogen-bond donors (Lipinski definition) is 1. The molecule has 0 aliphatic heterocycles. The first-order valence-electron chi connectivity index (χ1n) is 1.88. The summed E-state index contributed by atoms with van der Waals surface area (Å²) in [6.45, 7) is 0. The molecule has 1 heterocycles. The number of aromatic hydroxyl groups is 1. The summed E-state index contributed by atoms with van der Waals surface area (Å²) in [4.78, 5) is 0. The summed E-state index contributed by atoms with van der Waals surface area (Å²) < 4.78 is 3.56. The molecule has 0 unspecified atom stereocenters. The van der Waals surface area contributed by atoms with Crippen LogP contribution in [0.15, 0.2) is 6.20 Å². The molecule has 1 aromatic rings. The third-order valence-electron chi connectivity index (χ3n) is 0.672. The van der Waals surface area contributed by atoms with E-state index < -0.39 is 0 Å². The van der Waals surface area contributed by atoms with Gasteiger partial charge in [0.15, 0.2) is 0 Å². The van der Waals surface area contributed by atoms with Crippen molar-refractivity contribution < 1.29 is 5.11 Å². The van der Waals surface area contributed by atoms with Crippen LogP contribution in [-0.4, -0.2) is 9.48 Å². The SMILES string of the molecule is N#Cc1cnsc1O. The molecule has 0 saturated carbocycles. The summed E-state index contributed by atoms with van der Waals surface area (Å²) >= 11 is 0.912. The fourth-order valence-corrected chi connectivity index (χ4v) is 0.765. The Kier molecular flexibility index (Phi) is 1.14. The van der Waals surface area contributed by atoms with E-state index in [0.717, 1.165) is 11.5 Å². The molecule has 0 aliphatic carbocycles. The van der Waals surface area contributed by atoms with Crippen LogP contribution in [0, 0.1) is 11.3 Å². The Hall–Kier alpha value is -1.08. The first-order chi connectivity index (χ1) is 3.84. The number of hydrogen-bond acceptors (Lipinski definition) is 4. The van der Waals surface area contributed by atoms with E-state index in [0.29, 0.717) is 0 Å². The van der Waals surface area contributed by atoms with Gasteiger partial charge in [0.2, 0.25) is 5.06 Å². The highest BCUT2D eigenvalue weighted by atomic mass is 32.1. The molecule has 1 N–H and O–H groups in total. The van der Waals surface area contributed by atoms with Gasteiger partial charge < -0.3 is 5.11 Å². The predicted molar refractivity (Wildman–Crippen MR) is 28.5 cm³/mol. The fraction of sp³-hybridized carbons (Fsp3) is 0. The third kappa shape index (κ3) is 0.634. The van der Waals surface area contributed by atoms with E-state index in [1.54, 1.807) is 6.07 Å². The largest absolute Gasteiger partial charge is 0.498 e. The second-order valence-corrected chi connectivity index (χ2v) is 1.94.